The van der Waals surface area contributed by atoms with Gasteiger partial charge in [-0.2, -0.15) is 0 Å². The molecule has 0 aliphatic heterocycles. The summed E-state index contributed by atoms with van der Waals surface area (Å²) in [6.07, 6.45) is 1.35. The molecule has 0 bridgehead atoms. The number of oxazole rings is 1. The van der Waals surface area contributed by atoms with Crippen molar-refractivity contribution < 1.29 is 13.9 Å². The molecule has 0 atom stereocenters. The van der Waals surface area contributed by atoms with E-state index >= 15 is 0 Å². The number of anilines is 1. The molecule has 0 unspecified atom stereocenters. The van der Waals surface area contributed by atoms with Gasteiger partial charge >= 0.3 is 0 Å². The average Bonchev–Trinajstić information content (AvgIpc) is 3.11. The van der Waals surface area contributed by atoms with Gasteiger partial charge in [0.05, 0.1) is 6.54 Å². The van der Waals surface area contributed by atoms with Gasteiger partial charge in [-0.15, -0.1) is 0 Å². The van der Waals surface area contributed by atoms with E-state index in [1.807, 2.05) is 42.5 Å². The van der Waals surface area contributed by atoms with Crippen molar-refractivity contribution in [1.82, 2.24) is 10.3 Å². The van der Waals surface area contributed by atoms with Crippen LogP contribution in [0.15, 0.2) is 65.3 Å². The van der Waals surface area contributed by atoms with Gasteiger partial charge in [0.1, 0.15) is 18.6 Å². The van der Waals surface area contributed by atoms with Gasteiger partial charge in [0.2, 0.25) is 5.89 Å². The van der Waals surface area contributed by atoms with Crippen LogP contribution in [0.4, 0.5) is 5.69 Å². The summed E-state index contributed by atoms with van der Waals surface area (Å²) in [6.45, 7) is 0.973. The number of carbonyl (C=O) groups excluding carboxylic acids is 1. The number of hydrogen-bond donors (Lipinski definition) is 2. The molecular formula is C19H19N3O3. The van der Waals surface area contributed by atoms with Crippen LogP contribution in [-0.2, 0) is 13.2 Å². The Hall–Kier alpha value is -3.12. The fourth-order valence-electron chi connectivity index (χ4n) is 2.22. The third-order valence-corrected chi connectivity index (χ3v) is 3.47. The lowest BCUT2D eigenvalue weighted by Gasteiger charge is -2.08. The molecule has 0 radical (unpaired) electrons. The number of benzene rings is 2. The van der Waals surface area contributed by atoms with Crippen LogP contribution >= 0.6 is 0 Å². The number of ether oxygens (including phenoxy) is 1. The molecule has 0 aliphatic rings. The van der Waals surface area contributed by atoms with E-state index in [1.54, 1.807) is 19.2 Å². The summed E-state index contributed by atoms with van der Waals surface area (Å²) in [5, 5.41) is 5.69. The molecule has 1 aromatic heterocycles. The average molecular weight is 337 g/mol. The van der Waals surface area contributed by atoms with Crippen molar-refractivity contribution in [1.29, 1.82) is 0 Å². The molecule has 0 saturated carbocycles. The van der Waals surface area contributed by atoms with E-state index in [1.165, 1.54) is 6.26 Å². The predicted molar refractivity (Wildman–Crippen MR) is 94.4 cm³/mol. The predicted octanol–water partition coefficient (Wildman–Crippen LogP) is 3.23. The molecule has 0 aliphatic carbocycles. The summed E-state index contributed by atoms with van der Waals surface area (Å²) < 4.78 is 10.9. The maximum Gasteiger partial charge on any atom is 0.277 e. The van der Waals surface area contributed by atoms with Gasteiger partial charge in [0.25, 0.3) is 5.91 Å². The minimum Gasteiger partial charge on any atom is -0.489 e. The number of aromatic nitrogens is 1. The van der Waals surface area contributed by atoms with Gasteiger partial charge in [0, 0.05) is 5.69 Å². The lowest BCUT2D eigenvalue weighted by atomic mass is 10.2. The third kappa shape index (κ3) is 4.68. The molecule has 6 heteroatoms. The van der Waals surface area contributed by atoms with Crippen molar-refractivity contribution in [2.45, 2.75) is 13.2 Å². The van der Waals surface area contributed by atoms with Crippen LogP contribution < -0.4 is 15.4 Å². The molecule has 2 aromatic carbocycles. The van der Waals surface area contributed by atoms with E-state index in [9.17, 15) is 4.79 Å². The fraction of sp³-hybridized carbons (Fsp3) is 0.158. The first-order valence-electron chi connectivity index (χ1n) is 7.92. The SMILES string of the molecule is CNCc1nc(C(=O)Nc2ccc(OCc3ccccc3)cc2)co1. The normalized spacial score (nSPS) is 10.4. The number of hydrogen-bond acceptors (Lipinski definition) is 5. The first kappa shape index (κ1) is 16.7. The van der Waals surface area contributed by atoms with Gasteiger partial charge in [-0.1, -0.05) is 30.3 Å². The van der Waals surface area contributed by atoms with Crippen molar-refractivity contribution in [2.24, 2.45) is 0 Å². The van der Waals surface area contributed by atoms with Crippen molar-refractivity contribution in [3.63, 3.8) is 0 Å². The molecule has 128 valence electrons. The molecule has 0 spiro atoms. The van der Waals surface area contributed by atoms with Crippen LogP contribution in [0.25, 0.3) is 0 Å². The third-order valence-electron chi connectivity index (χ3n) is 3.47. The Morgan fingerprint density at radius 2 is 1.88 bits per heavy atom. The van der Waals surface area contributed by atoms with Gasteiger partial charge < -0.3 is 19.8 Å². The zero-order chi connectivity index (χ0) is 17.5. The quantitative estimate of drug-likeness (QED) is 0.692. The van der Waals surface area contributed by atoms with Crippen molar-refractivity contribution in [3.05, 3.63) is 78.0 Å². The second-order valence-corrected chi connectivity index (χ2v) is 5.41. The molecule has 25 heavy (non-hydrogen) atoms. The number of nitrogens with one attached hydrogen (secondary N) is 2. The van der Waals surface area contributed by atoms with Gasteiger partial charge in [-0.05, 0) is 36.9 Å². The molecular weight excluding hydrogens is 318 g/mol. The van der Waals surface area contributed by atoms with Crippen LogP contribution in [0.1, 0.15) is 21.9 Å². The molecule has 6 nitrogen and oxygen atoms in total. The molecule has 1 heterocycles. The molecule has 3 rings (SSSR count). The monoisotopic (exact) mass is 337 g/mol. The maximum absolute atomic E-state index is 12.1. The Morgan fingerprint density at radius 1 is 1.12 bits per heavy atom. The van der Waals surface area contributed by atoms with E-state index in [0.29, 0.717) is 24.7 Å². The van der Waals surface area contributed by atoms with Crippen molar-refractivity contribution >= 4 is 11.6 Å². The van der Waals surface area contributed by atoms with Crippen LogP contribution in [0.5, 0.6) is 5.75 Å². The zero-order valence-corrected chi connectivity index (χ0v) is 13.9. The Kier molecular flexibility index (Phi) is 5.43. The maximum atomic E-state index is 12.1. The zero-order valence-electron chi connectivity index (χ0n) is 13.9. The first-order valence-corrected chi connectivity index (χ1v) is 7.92. The minimum atomic E-state index is -0.316. The number of amides is 1. The number of nitrogens with zero attached hydrogens (tertiary/aromatic N) is 1. The Morgan fingerprint density at radius 3 is 2.60 bits per heavy atom. The minimum absolute atomic E-state index is 0.245. The Balaban J connectivity index is 1.55. The van der Waals surface area contributed by atoms with Gasteiger partial charge in [0.15, 0.2) is 5.69 Å². The molecule has 0 saturated heterocycles. The number of rotatable bonds is 7. The number of carbonyl (C=O) groups is 1. The first-order chi connectivity index (χ1) is 12.2. The summed E-state index contributed by atoms with van der Waals surface area (Å²) in [5.41, 5.74) is 2.01. The highest BCUT2D eigenvalue weighted by molar-refractivity contribution is 6.02. The van der Waals surface area contributed by atoms with Crippen LogP contribution in [0.3, 0.4) is 0 Å². The largest absolute Gasteiger partial charge is 0.489 e. The highest BCUT2D eigenvalue weighted by Gasteiger charge is 2.12. The summed E-state index contributed by atoms with van der Waals surface area (Å²) in [4.78, 5) is 16.3. The Bertz CT molecular complexity index is 813. The van der Waals surface area contributed by atoms with Crippen molar-refractivity contribution in [2.75, 3.05) is 12.4 Å². The van der Waals surface area contributed by atoms with Crippen LogP contribution in [0.2, 0.25) is 0 Å². The molecule has 2 N–H and O–H groups in total. The smallest absolute Gasteiger partial charge is 0.277 e. The lowest BCUT2D eigenvalue weighted by molar-refractivity contribution is 0.102. The van der Waals surface area contributed by atoms with E-state index in [-0.39, 0.29) is 11.6 Å². The molecule has 0 fully saturated rings. The van der Waals surface area contributed by atoms with Crippen molar-refractivity contribution in [3.8, 4) is 5.75 Å². The summed E-state index contributed by atoms with van der Waals surface area (Å²) >= 11 is 0. The highest BCUT2D eigenvalue weighted by Crippen LogP contribution is 2.18. The lowest BCUT2D eigenvalue weighted by Crippen LogP contribution is -2.13. The van der Waals surface area contributed by atoms with Gasteiger partial charge in [-0.3, -0.25) is 4.79 Å². The summed E-state index contributed by atoms with van der Waals surface area (Å²) in [6, 6.07) is 17.1. The Labute approximate surface area is 145 Å². The molecule has 1 amide bonds. The van der Waals surface area contributed by atoms with Crippen LogP contribution in [-0.4, -0.2) is 17.9 Å². The van der Waals surface area contributed by atoms with E-state index in [0.717, 1.165) is 11.3 Å². The highest BCUT2D eigenvalue weighted by atomic mass is 16.5. The summed E-state index contributed by atoms with van der Waals surface area (Å²) in [7, 11) is 1.78. The fourth-order valence-corrected chi connectivity index (χ4v) is 2.22. The summed E-state index contributed by atoms with van der Waals surface area (Å²) in [5.74, 6) is 0.890. The van der Waals surface area contributed by atoms with E-state index in [2.05, 4.69) is 15.6 Å². The second kappa shape index (κ2) is 8.12. The topological polar surface area (TPSA) is 76.4 Å². The standard InChI is InChI=1S/C19H19N3O3/c1-20-11-18-22-17(13-25-18)19(23)21-15-7-9-16(10-8-15)24-12-14-5-3-2-4-6-14/h2-10,13,20H,11-12H2,1H3,(H,21,23). The van der Waals surface area contributed by atoms with E-state index < -0.39 is 0 Å². The second-order valence-electron chi connectivity index (χ2n) is 5.41. The van der Waals surface area contributed by atoms with Gasteiger partial charge in [-0.25, -0.2) is 4.98 Å². The molecule has 3 aromatic rings. The van der Waals surface area contributed by atoms with E-state index in [4.69, 9.17) is 9.15 Å². The van der Waals surface area contributed by atoms with Crippen LogP contribution in [0, 0.1) is 0 Å².